The summed E-state index contributed by atoms with van der Waals surface area (Å²) in [6, 6.07) is 7.39. The first-order valence-electron chi connectivity index (χ1n) is 6.82. The highest BCUT2D eigenvalue weighted by Crippen LogP contribution is 2.42. The van der Waals surface area contributed by atoms with Crippen LogP contribution in [0.5, 0.6) is 0 Å². The molecule has 1 atom stereocenters. The Kier molecular flexibility index (Phi) is 4.33. The zero-order valence-corrected chi connectivity index (χ0v) is 14.5. The molecule has 1 aliphatic heterocycles. The lowest BCUT2D eigenvalue weighted by molar-refractivity contribution is -0.232. The maximum absolute atomic E-state index is 12.2. The van der Waals surface area contributed by atoms with E-state index in [0.717, 1.165) is 10.2 Å². The Bertz CT molecular complexity index is 648. The predicted molar refractivity (Wildman–Crippen MR) is 85.9 cm³/mol. The minimum atomic E-state index is -1.42. The van der Waals surface area contributed by atoms with Crippen LogP contribution in [0.25, 0.3) is 0 Å². The van der Waals surface area contributed by atoms with E-state index in [1.807, 2.05) is 45.0 Å². The van der Waals surface area contributed by atoms with Crippen LogP contribution in [0.15, 0.2) is 40.5 Å². The number of para-hydroxylation sites is 1. The van der Waals surface area contributed by atoms with Crippen LogP contribution in [0.1, 0.15) is 27.7 Å². The summed E-state index contributed by atoms with van der Waals surface area (Å²) < 4.78 is 11.5. The molecule has 0 bridgehead atoms. The normalized spacial score (nSPS) is 21.1. The Morgan fingerprint density at radius 3 is 2.50 bits per heavy atom. The van der Waals surface area contributed by atoms with Gasteiger partial charge in [0.1, 0.15) is 5.70 Å². The largest absolute Gasteiger partial charge is 0.418 e. The van der Waals surface area contributed by atoms with Crippen molar-refractivity contribution in [1.29, 1.82) is 0 Å². The molecule has 6 heteroatoms. The van der Waals surface area contributed by atoms with Gasteiger partial charge in [-0.15, -0.1) is 0 Å². The molecule has 5 nitrogen and oxygen atoms in total. The summed E-state index contributed by atoms with van der Waals surface area (Å²) in [6.07, 6.45) is 1.52. The number of cyclic esters (lactones) is 1. The molecule has 0 spiro atoms. The van der Waals surface area contributed by atoms with E-state index in [1.165, 1.54) is 13.0 Å². The number of nitrogens with one attached hydrogen (secondary N) is 1. The van der Waals surface area contributed by atoms with Crippen molar-refractivity contribution in [2.24, 2.45) is 5.41 Å². The van der Waals surface area contributed by atoms with Crippen LogP contribution in [-0.4, -0.2) is 17.7 Å². The standard InChI is InChI=1S/C16H18BrNO4/c1-10(19)21-16(15(2,3)4)9-13(14(20)22-16)18-12-8-6-5-7-11(12)17/h5-9,18H,1-4H3. The molecule has 1 aliphatic rings. The number of hydrogen-bond acceptors (Lipinski definition) is 5. The van der Waals surface area contributed by atoms with Crippen molar-refractivity contribution >= 4 is 33.6 Å². The molecular formula is C16H18BrNO4. The molecule has 0 saturated carbocycles. The van der Waals surface area contributed by atoms with Gasteiger partial charge in [-0.1, -0.05) is 32.9 Å². The molecular weight excluding hydrogens is 350 g/mol. The van der Waals surface area contributed by atoms with Gasteiger partial charge in [-0.05, 0) is 28.1 Å². The van der Waals surface area contributed by atoms with Crippen LogP contribution in [0.4, 0.5) is 5.69 Å². The van der Waals surface area contributed by atoms with Gasteiger partial charge >= 0.3 is 11.9 Å². The maximum Gasteiger partial charge on any atom is 0.358 e. The summed E-state index contributed by atoms with van der Waals surface area (Å²) >= 11 is 3.40. The van der Waals surface area contributed by atoms with E-state index in [0.29, 0.717) is 0 Å². The third kappa shape index (κ3) is 3.16. The molecule has 1 aromatic carbocycles. The van der Waals surface area contributed by atoms with Gasteiger partial charge in [0.15, 0.2) is 0 Å². The highest BCUT2D eigenvalue weighted by molar-refractivity contribution is 9.10. The van der Waals surface area contributed by atoms with Gasteiger partial charge < -0.3 is 14.8 Å². The van der Waals surface area contributed by atoms with E-state index in [9.17, 15) is 9.59 Å². The molecule has 0 radical (unpaired) electrons. The second-order valence-corrected chi connectivity index (χ2v) is 6.92. The molecule has 2 rings (SSSR count). The van der Waals surface area contributed by atoms with Crippen LogP contribution in [0, 0.1) is 5.41 Å². The number of ether oxygens (including phenoxy) is 2. The molecule has 1 unspecified atom stereocenters. The fourth-order valence-corrected chi connectivity index (χ4v) is 2.44. The minimum Gasteiger partial charge on any atom is -0.418 e. The lowest BCUT2D eigenvalue weighted by Gasteiger charge is -2.36. The number of rotatable bonds is 3. The number of hydrogen-bond donors (Lipinski definition) is 1. The molecule has 0 fully saturated rings. The summed E-state index contributed by atoms with van der Waals surface area (Å²) in [5.41, 5.74) is 0.354. The zero-order chi connectivity index (χ0) is 16.5. The summed E-state index contributed by atoms with van der Waals surface area (Å²) in [4.78, 5) is 23.6. The van der Waals surface area contributed by atoms with Gasteiger partial charge in [-0.3, -0.25) is 4.79 Å². The number of anilines is 1. The van der Waals surface area contributed by atoms with Gasteiger partial charge in [-0.25, -0.2) is 4.79 Å². The average molecular weight is 368 g/mol. The van der Waals surface area contributed by atoms with E-state index in [-0.39, 0.29) is 5.70 Å². The molecule has 0 amide bonds. The fraction of sp³-hybridized carbons (Fsp3) is 0.375. The second kappa shape index (κ2) is 5.76. The van der Waals surface area contributed by atoms with Crippen molar-refractivity contribution in [2.45, 2.75) is 33.5 Å². The number of halogens is 1. The first-order chi connectivity index (χ1) is 10.1. The molecule has 118 valence electrons. The van der Waals surface area contributed by atoms with Gasteiger partial charge in [-0.2, -0.15) is 0 Å². The number of carbonyl (C=O) groups is 2. The Morgan fingerprint density at radius 2 is 1.95 bits per heavy atom. The quantitative estimate of drug-likeness (QED) is 0.826. The van der Waals surface area contributed by atoms with Crippen LogP contribution in [0.2, 0.25) is 0 Å². The van der Waals surface area contributed by atoms with Crippen molar-refractivity contribution in [3.8, 4) is 0 Å². The molecule has 1 heterocycles. The van der Waals surface area contributed by atoms with Crippen LogP contribution in [-0.2, 0) is 19.1 Å². The highest BCUT2D eigenvalue weighted by Gasteiger charge is 2.52. The van der Waals surface area contributed by atoms with E-state index >= 15 is 0 Å². The van der Waals surface area contributed by atoms with E-state index in [4.69, 9.17) is 9.47 Å². The van der Waals surface area contributed by atoms with Crippen molar-refractivity contribution in [1.82, 2.24) is 0 Å². The third-order valence-corrected chi connectivity index (χ3v) is 3.97. The molecule has 0 aromatic heterocycles. The van der Waals surface area contributed by atoms with Crippen molar-refractivity contribution in [3.05, 3.63) is 40.5 Å². The Balaban J connectivity index is 2.37. The number of benzene rings is 1. The summed E-state index contributed by atoms with van der Waals surface area (Å²) in [7, 11) is 0. The lowest BCUT2D eigenvalue weighted by Crippen LogP contribution is -2.46. The van der Waals surface area contributed by atoms with Crippen molar-refractivity contribution in [2.75, 3.05) is 5.32 Å². The number of carbonyl (C=O) groups excluding carboxylic acids is 2. The minimum absolute atomic E-state index is 0.239. The third-order valence-electron chi connectivity index (χ3n) is 3.28. The summed E-state index contributed by atoms with van der Waals surface area (Å²) in [5.74, 6) is -2.49. The van der Waals surface area contributed by atoms with E-state index in [2.05, 4.69) is 21.2 Å². The second-order valence-electron chi connectivity index (χ2n) is 6.06. The van der Waals surface area contributed by atoms with Crippen molar-refractivity contribution in [3.63, 3.8) is 0 Å². The van der Waals surface area contributed by atoms with Gasteiger partial charge in [0, 0.05) is 22.9 Å². The van der Waals surface area contributed by atoms with Crippen LogP contribution >= 0.6 is 15.9 Å². The SMILES string of the molecule is CC(=O)OC1(C(C)(C)C)C=C(Nc2ccccc2Br)C(=O)O1. The molecule has 1 N–H and O–H groups in total. The fourth-order valence-electron chi connectivity index (χ4n) is 2.05. The van der Waals surface area contributed by atoms with Crippen LogP contribution in [0.3, 0.4) is 0 Å². The topological polar surface area (TPSA) is 64.6 Å². The highest BCUT2D eigenvalue weighted by atomic mass is 79.9. The summed E-state index contributed by atoms with van der Waals surface area (Å²) in [6.45, 7) is 6.79. The predicted octanol–water partition coefficient (Wildman–Crippen LogP) is 3.61. The van der Waals surface area contributed by atoms with E-state index in [1.54, 1.807) is 0 Å². The Morgan fingerprint density at radius 1 is 1.32 bits per heavy atom. The first-order valence-corrected chi connectivity index (χ1v) is 7.61. The Labute approximate surface area is 137 Å². The van der Waals surface area contributed by atoms with Crippen LogP contribution < -0.4 is 5.32 Å². The lowest BCUT2D eigenvalue weighted by atomic mass is 9.85. The first kappa shape index (κ1) is 16.5. The molecule has 22 heavy (non-hydrogen) atoms. The molecule has 1 aromatic rings. The van der Waals surface area contributed by atoms with Gasteiger partial charge in [0.2, 0.25) is 0 Å². The molecule has 0 aliphatic carbocycles. The average Bonchev–Trinajstić information content (AvgIpc) is 2.68. The Hall–Kier alpha value is -1.82. The maximum atomic E-state index is 12.2. The van der Waals surface area contributed by atoms with E-state index < -0.39 is 23.1 Å². The summed E-state index contributed by atoms with van der Waals surface area (Å²) in [5, 5.41) is 3.01. The zero-order valence-electron chi connectivity index (χ0n) is 12.9. The monoisotopic (exact) mass is 367 g/mol. The van der Waals surface area contributed by atoms with Crippen molar-refractivity contribution < 1.29 is 19.1 Å². The van der Waals surface area contributed by atoms with Gasteiger partial charge in [0.05, 0.1) is 5.69 Å². The molecule has 0 saturated heterocycles. The smallest absolute Gasteiger partial charge is 0.358 e. The van der Waals surface area contributed by atoms with Gasteiger partial charge in [0.25, 0.3) is 5.79 Å². The number of esters is 2.